The molecular weight excluding hydrogens is 168 g/mol. The summed E-state index contributed by atoms with van der Waals surface area (Å²) in [7, 11) is 0. The number of benzene rings is 1. The fourth-order valence-electron chi connectivity index (χ4n) is 1.89. The highest BCUT2D eigenvalue weighted by atomic mass is 14.0. The van der Waals surface area contributed by atoms with Crippen molar-refractivity contribution in [1.82, 2.24) is 0 Å². The van der Waals surface area contributed by atoms with Crippen LogP contribution in [0.1, 0.15) is 50.7 Å². The molecule has 0 N–H and O–H groups in total. The van der Waals surface area contributed by atoms with Gasteiger partial charge in [0.25, 0.3) is 0 Å². The van der Waals surface area contributed by atoms with Crippen LogP contribution >= 0.6 is 0 Å². The van der Waals surface area contributed by atoms with E-state index in [4.69, 9.17) is 0 Å². The van der Waals surface area contributed by atoms with Gasteiger partial charge < -0.3 is 0 Å². The Labute approximate surface area is 88.4 Å². The molecule has 1 aromatic rings. The number of hydrogen-bond acceptors (Lipinski definition) is 0. The van der Waals surface area contributed by atoms with Crippen LogP contribution in [-0.2, 0) is 12.8 Å². The Bertz CT molecular complexity index is 250. The molecule has 0 heterocycles. The molecule has 1 aromatic carbocycles. The maximum atomic E-state index is 2.28. The van der Waals surface area contributed by atoms with E-state index >= 15 is 0 Å². The molecule has 0 aliphatic carbocycles. The van der Waals surface area contributed by atoms with E-state index in [1.807, 2.05) is 0 Å². The highest BCUT2D eigenvalue weighted by molar-refractivity contribution is 5.26. The number of rotatable bonds is 6. The van der Waals surface area contributed by atoms with Gasteiger partial charge in [-0.25, -0.2) is 0 Å². The molecule has 0 heteroatoms. The molecule has 78 valence electrons. The van der Waals surface area contributed by atoms with Gasteiger partial charge in [-0.1, -0.05) is 57.4 Å². The van der Waals surface area contributed by atoms with Crippen LogP contribution in [0, 0.1) is 0 Å². The summed E-state index contributed by atoms with van der Waals surface area (Å²) in [6.45, 7) is 4.50. The molecule has 0 atom stereocenters. The average molecular weight is 190 g/mol. The summed E-state index contributed by atoms with van der Waals surface area (Å²) in [5.41, 5.74) is 3.09. The van der Waals surface area contributed by atoms with Gasteiger partial charge in [0.05, 0.1) is 0 Å². The maximum absolute atomic E-state index is 2.28. The zero-order chi connectivity index (χ0) is 10.2. The smallest absolute Gasteiger partial charge is 0.0276 e. The second-order valence-corrected chi connectivity index (χ2v) is 3.93. The van der Waals surface area contributed by atoms with E-state index in [-0.39, 0.29) is 0 Å². The predicted molar refractivity (Wildman–Crippen MR) is 63.7 cm³/mol. The first kappa shape index (κ1) is 11.3. The average Bonchev–Trinajstić information content (AvgIpc) is 2.25. The molecule has 0 radical (unpaired) electrons. The van der Waals surface area contributed by atoms with Gasteiger partial charge in [0.2, 0.25) is 0 Å². The van der Waals surface area contributed by atoms with Crippen molar-refractivity contribution in [2.75, 3.05) is 0 Å². The number of aryl methyl sites for hydroxylation is 2. The van der Waals surface area contributed by atoms with Crippen molar-refractivity contribution < 1.29 is 0 Å². The lowest BCUT2D eigenvalue weighted by Gasteiger charge is -2.06. The summed E-state index contributed by atoms with van der Waals surface area (Å²) in [5.74, 6) is 0. The number of unbranched alkanes of at least 4 members (excludes halogenated alkanes) is 3. The maximum Gasteiger partial charge on any atom is -0.0276 e. The van der Waals surface area contributed by atoms with Gasteiger partial charge in [-0.2, -0.15) is 0 Å². The molecule has 0 aliphatic heterocycles. The van der Waals surface area contributed by atoms with Crippen LogP contribution in [0.5, 0.6) is 0 Å². The van der Waals surface area contributed by atoms with Gasteiger partial charge in [-0.05, 0) is 30.4 Å². The minimum Gasteiger partial charge on any atom is -0.0654 e. The SMILES string of the molecule is CCCCCCc1ccccc1CC. The first-order valence-corrected chi connectivity index (χ1v) is 5.95. The van der Waals surface area contributed by atoms with E-state index in [0.717, 1.165) is 0 Å². The van der Waals surface area contributed by atoms with Gasteiger partial charge in [-0.3, -0.25) is 0 Å². The molecule has 14 heavy (non-hydrogen) atoms. The fourth-order valence-corrected chi connectivity index (χ4v) is 1.89. The van der Waals surface area contributed by atoms with Crippen LogP contribution in [0.25, 0.3) is 0 Å². The zero-order valence-electron chi connectivity index (χ0n) is 9.55. The Morgan fingerprint density at radius 3 is 2.21 bits per heavy atom. The van der Waals surface area contributed by atoms with Crippen LogP contribution in [-0.4, -0.2) is 0 Å². The molecule has 0 unspecified atom stereocenters. The van der Waals surface area contributed by atoms with E-state index in [9.17, 15) is 0 Å². The van der Waals surface area contributed by atoms with Crippen LogP contribution in [0.4, 0.5) is 0 Å². The van der Waals surface area contributed by atoms with Crippen molar-refractivity contribution in [1.29, 1.82) is 0 Å². The summed E-state index contributed by atoms with van der Waals surface area (Å²) >= 11 is 0. The Hall–Kier alpha value is -0.780. The Morgan fingerprint density at radius 1 is 0.857 bits per heavy atom. The van der Waals surface area contributed by atoms with E-state index in [1.54, 1.807) is 5.56 Å². The minimum absolute atomic E-state index is 1.17. The summed E-state index contributed by atoms with van der Waals surface area (Å²) < 4.78 is 0. The zero-order valence-corrected chi connectivity index (χ0v) is 9.55. The Morgan fingerprint density at radius 2 is 1.57 bits per heavy atom. The van der Waals surface area contributed by atoms with Gasteiger partial charge in [0.1, 0.15) is 0 Å². The van der Waals surface area contributed by atoms with Gasteiger partial charge >= 0.3 is 0 Å². The molecule has 0 saturated carbocycles. The van der Waals surface area contributed by atoms with Gasteiger partial charge in [0.15, 0.2) is 0 Å². The second kappa shape index (κ2) is 6.64. The molecule has 0 spiro atoms. The minimum atomic E-state index is 1.17. The highest BCUT2D eigenvalue weighted by Crippen LogP contribution is 2.13. The Kier molecular flexibility index (Phi) is 5.36. The molecule has 1 rings (SSSR count). The molecule has 0 bridgehead atoms. The fraction of sp³-hybridized carbons (Fsp3) is 0.571. The van der Waals surface area contributed by atoms with Crippen molar-refractivity contribution in [3.05, 3.63) is 35.4 Å². The van der Waals surface area contributed by atoms with E-state index in [0.29, 0.717) is 0 Å². The molecule has 0 fully saturated rings. The van der Waals surface area contributed by atoms with Crippen LogP contribution < -0.4 is 0 Å². The van der Waals surface area contributed by atoms with Crippen LogP contribution in [0.2, 0.25) is 0 Å². The lowest BCUT2D eigenvalue weighted by Crippen LogP contribution is -1.92. The van der Waals surface area contributed by atoms with E-state index < -0.39 is 0 Å². The standard InChI is InChI=1S/C14H22/c1-3-5-6-7-11-14-12-9-8-10-13(14)4-2/h8-10,12H,3-7,11H2,1-2H3. The van der Waals surface area contributed by atoms with Crippen molar-refractivity contribution in [2.24, 2.45) is 0 Å². The normalized spacial score (nSPS) is 10.4. The molecule has 0 aromatic heterocycles. The lowest BCUT2D eigenvalue weighted by atomic mass is 9.99. The predicted octanol–water partition coefficient (Wildman–Crippen LogP) is 4.37. The quantitative estimate of drug-likeness (QED) is 0.584. The monoisotopic (exact) mass is 190 g/mol. The summed E-state index contributed by atoms with van der Waals surface area (Å²) in [6, 6.07) is 8.85. The number of hydrogen-bond donors (Lipinski definition) is 0. The molecular formula is C14H22. The summed E-state index contributed by atoms with van der Waals surface area (Å²) in [6.07, 6.45) is 7.89. The highest BCUT2D eigenvalue weighted by Gasteiger charge is 1.98. The van der Waals surface area contributed by atoms with Crippen molar-refractivity contribution in [3.63, 3.8) is 0 Å². The molecule has 0 amide bonds. The Balaban J connectivity index is 2.41. The van der Waals surface area contributed by atoms with Crippen molar-refractivity contribution in [3.8, 4) is 0 Å². The third-order valence-electron chi connectivity index (χ3n) is 2.80. The molecule has 0 aliphatic rings. The molecule has 0 nitrogen and oxygen atoms in total. The van der Waals surface area contributed by atoms with Crippen LogP contribution in [0.3, 0.4) is 0 Å². The first-order chi connectivity index (χ1) is 6.88. The second-order valence-electron chi connectivity index (χ2n) is 3.93. The summed E-state index contributed by atoms with van der Waals surface area (Å²) in [5, 5.41) is 0. The third kappa shape index (κ3) is 3.53. The van der Waals surface area contributed by atoms with E-state index in [2.05, 4.69) is 38.1 Å². The third-order valence-corrected chi connectivity index (χ3v) is 2.80. The van der Waals surface area contributed by atoms with E-state index in [1.165, 1.54) is 44.1 Å². The van der Waals surface area contributed by atoms with Crippen LogP contribution in [0.15, 0.2) is 24.3 Å². The van der Waals surface area contributed by atoms with Gasteiger partial charge in [-0.15, -0.1) is 0 Å². The first-order valence-electron chi connectivity index (χ1n) is 5.95. The molecule has 0 saturated heterocycles. The van der Waals surface area contributed by atoms with Crippen molar-refractivity contribution >= 4 is 0 Å². The summed E-state index contributed by atoms with van der Waals surface area (Å²) in [4.78, 5) is 0. The largest absolute Gasteiger partial charge is 0.0654 e. The topological polar surface area (TPSA) is 0 Å². The lowest BCUT2D eigenvalue weighted by molar-refractivity contribution is 0.665. The van der Waals surface area contributed by atoms with Crippen molar-refractivity contribution in [2.45, 2.75) is 52.4 Å². The van der Waals surface area contributed by atoms with Gasteiger partial charge in [0, 0.05) is 0 Å².